The van der Waals surface area contributed by atoms with Gasteiger partial charge in [-0.1, -0.05) is 18.2 Å². The van der Waals surface area contributed by atoms with Crippen molar-refractivity contribution >= 4 is 5.97 Å². The van der Waals surface area contributed by atoms with E-state index in [-0.39, 0.29) is 18.8 Å². The highest BCUT2D eigenvalue weighted by atomic mass is 16.8. The summed E-state index contributed by atoms with van der Waals surface area (Å²) in [5.41, 5.74) is 0.503. The summed E-state index contributed by atoms with van der Waals surface area (Å²) >= 11 is 0. The van der Waals surface area contributed by atoms with E-state index in [0.29, 0.717) is 5.56 Å². The molecule has 2 aliphatic heterocycles. The van der Waals surface area contributed by atoms with Gasteiger partial charge in [-0.05, 0) is 26.0 Å². The van der Waals surface area contributed by atoms with Crippen molar-refractivity contribution in [3.05, 3.63) is 35.9 Å². The third-order valence-electron chi connectivity index (χ3n) is 3.75. The van der Waals surface area contributed by atoms with Gasteiger partial charge in [0.2, 0.25) is 0 Å². The zero-order valence-corrected chi connectivity index (χ0v) is 12.9. The highest BCUT2D eigenvalue weighted by Crippen LogP contribution is 2.38. The molecule has 120 valence electrons. The molecule has 2 heterocycles. The topological polar surface area (TPSA) is 63.2 Å². The standard InChI is InChI=1S/C16H20O6/c1-16(2)21-13-12(18-3)11(20-15(13)22-16)9-19-14(17)10-7-5-4-6-8-10/h4-8,11-13,15H,9H2,1-3H3/t11-,12+,13-,15+/m0/s1. The summed E-state index contributed by atoms with van der Waals surface area (Å²) in [6.07, 6.45) is -1.57. The van der Waals surface area contributed by atoms with Crippen LogP contribution in [0.5, 0.6) is 0 Å². The van der Waals surface area contributed by atoms with Crippen LogP contribution in [0, 0.1) is 0 Å². The largest absolute Gasteiger partial charge is 0.459 e. The van der Waals surface area contributed by atoms with Gasteiger partial charge < -0.3 is 23.7 Å². The molecule has 3 rings (SSSR count). The van der Waals surface area contributed by atoms with Crippen LogP contribution in [0.3, 0.4) is 0 Å². The lowest BCUT2D eigenvalue weighted by Gasteiger charge is -2.24. The fourth-order valence-corrected chi connectivity index (χ4v) is 2.78. The SMILES string of the molecule is CO[C@H]1[C@@H]2OC(C)(C)O[C@H]2O[C@H]1COC(=O)c1ccccc1. The molecule has 2 saturated heterocycles. The van der Waals surface area contributed by atoms with E-state index in [9.17, 15) is 4.79 Å². The van der Waals surface area contributed by atoms with Crippen molar-refractivity contribution in [2.75, 3.05) is 13.7 Å². The van der Waals surface area contributed by atoms with Gasteiger partial charge in [-0.25, -0.2) is 4.79 Å². The number of fused-ring (bicyclic) bond motifs is 1. The Morgan fingerprint density at radius 1 is 1.23 bits per heavy atom. The minimum Gasteiger partial charge on any atom is -0.459 e. The molecule has 0 bridgehead atoms. The van der Waals surface area contributed by atoms with E-state index < -0.39 is 24.2 Å². The number of rotatable bonds is 4. The minimum absolute atomic E-state index is 0.0897. The van der Waals surface area contributed by atoms with E-state index >= 15 is 0 Å². The smallest absolute Gasteiger partial charge is 0.338 e. The number of methoxy groups -OCH3 is 1. The molecule has 0 aromatic heterocycles. The third kappa shape index (κ3) is 3.01. The molecule has 2 fully saturated rings. The van der Waals surface area contributed by atoms with Crippen LogP contribution in [-0.2, 0) is 23.7 Å². The lowest BCUT2D eigenvalue weighted by atomic mass is 10.1. The molecule has 0 unspecified atom stereocenters. The molecular weight excluding hydrogens is 288 g/mol. The minimum atomic E-state index is -0.697. The lowest BCUT2D eigenvalue weighted by Crippen LogP contribution is -2.38. The van der Waals surface area contributed by atoms with Gasteiger partial charge in [-0.2, -0.15) is 0 Å². The van der Waals surface area contributed by atoms with Crippen molar-refractivity contribution in [2.45, 2.75) is 44.2 Å². The Balaban J connectivity index is 1.59. The molecule has 1 aromatic carbocycles. The average Bonchev–Trinajstić information content (AvgIpc) is 2.96. The predicted octanol–water partition coefficient (Wildman–Crippen LogP) is 1.73. The van der Waals surface area contributed by atoms with Gasteiger partial charge in [0, 0.05) is 7.11 Å². The van der Waals surface area contributed by atoms with Crippen LogP contribution in [-0.4, -0.2) is 50.1 Å². The highest BCUT2D eigenvalue weighted by molar-refractivity contribution is 5.89. The first-order valence-electron chi connectivity index (χ1n) is 7.26. The van der Waals surface area contributed by atoms with Gasteiger partial charge in [0.05, 0.1) is 5.56 Å². The second-order valence-corrected chi connectivity index (χ2v) is 5.81. The molecule has 0 N–H and O–H groups in total. The maximum Gasteiger partial charge on any atom is 0.338 e. The number of benzene rings is 1. The Morgan fingerprint density at radius 3 is 2.64 bits per heavy atom. The fourth-order valence-electron chi connectivity index (χ4n) is 2.78. The maximum atomic E-state index is 12.0. The van der Waals surface area contributed by atoms with Crippen molar-refractivity contribution in [3.8, 4) is 0 Å². The Hall–Kier alpha value is -1.47. The van der Waals surface area contributed by atoms with Gasteiger partial charge in [0.25, 0.3) is 0 Å². The summed E-state index contributed by atoms with van der Waals surface area (Å²) in [5, 5.41) is 0. The van der Waals surface area contributed by atoms with Crippen LogP contribution < -0.4 is 0 Å². The quantitative estimate of drug-likeness (QED) is 0.790. The second-order valence-electron chi connectivity index (χ2n) is 5.81. The molecule has 6 nitrogen and oxygen atoms in total. The fraction of sp³-hybridized carbons (Fsp3) is 0.562. The maximum absolute atomic E-state index is 12.0. The van der Waals surface area contributed by atoms with Crippen molar-refractivity contribution in [3.63, 3.8) is 0 Å². The first-order chi connectivity index (χ1) is 10.5. The van der Waals surface area contributed by atoms with Crippen LogP contribution in [0.25, 0.3) is 0 Å². The first kappa shape index (κ1) is 15.4. The van der Waals surface area contributed by atoms with Gasteiger partial charge in [0.15, 0.2) is 12.1 Å². The summed E-state index contributed by atoms with van der Waals surface area (Å²) < 4.78 is 28.0. The Kier molecular flexibility index (Phi) is 4.18. The summed E-state index contributed by atoms with van der Waals surface area (Å²) in [6.45, 7) is 3.74. The molecule has 1 aromatic rings. The van der Waals surface area contributed by atoms with E-state index in [1.54, 1.807) is 31.4 Å². The van der Waals surface area contributed by atoms with E-state index in [1.165, 1.54) is 0 Å². The van der Waals surface area contributed by atoms with Crippen LogP contribution in [0.15, 0.2) is 30.3 Å². The summed E-state index contributed by atoms with van der Waals surface area (Å²) in [7, 11) is 1.58. The van der Waals surface area contributed by atoms with Gasteiger partial charge >= 0.3 is 5.97 Å². The molecule has 0 amide bonds. The Labute approximate surface area is 129 Å². The summed E-state index contributed by atoms with van der Waals surface area (Å²) in [5.74, 6) is -1.09. The number of carbonyl (C=O) groups is 1. The number of hydrogen-bond donors (Lipinski definition) is 0. The predicted molar refractivity (Wildman–Crippen MR) is 76.2 cm³/mol. The van der Waals surface area contributed by atoms with E-state index in [2.05, 4.69) is 0 Å². The van der Waals surface area contributed by atoms with E-state index in [4.69, 9.17) is 23.7 Å². The molecule has 22 heavy (non-hydrogen) atoms. The molecule has 6 heteroatoms. The number of ether oxygens (including phenoxy) is 5. The zero-order valence-electron chi connectivity index (χ0n) is 12.9. The molecule has 0 radical (unpaired) electrons. The monoisotopic (exact) mass is 308 g/mol. The normalized spacial score (nSPS) is 32.7. The lowest BCUT2D eigenvalue weighted by molar-refractivity contribution is -0.220. The molecule has 0 saturated carbocycles. The van der Waals surface area contributed by atoms with E-state index in [0.717, 1.165) is 0 Å². The summed E-state index contributed by atoms with van der Waals surface area (Å²) in [6, 6.07) is 8.82. The van der Waals surface area contributed by atoms with Crippen molar-refractivity contribution in [2.24, 2.45) is 0 Å². The molecule has 0 spiro atoms. The number of esters is 1. The molecule has 2 aliphatic rings. The third-order valence-corrected chi connectivity index (χ3v) is 3.75. The molecule has 0 aliphatic carbocycles. The van der Waals surface area contributed by atoms with Crippen LogP contribution in [0.4, 0.5) is 0 Å². The average molecular weight is 308 g/mol. The van der Waals surface area contributed by atoms with Crippen molar-refractivity contribution in [1.82, 2.24) is 0 Å². The van der Waals surface area contributed by atoms with Crippen molar-refractivity contribution < 1.29 is 28.5 Å². The Morgan fingerprint density at radius 2 is 1.95 bits per heavy atom. The number of hydrogen-bond acceptors (Lipinski definition) is 6. The van der Waals surface area contributed by atoms with Crippen LogP contribution in [0.1, 0.15) is 24.2 Å². The number of carbonyl (C=O) groups excluding carboxylic acids is 1. The Bertz CT molecular complexity index is 529. The zero-order chi connectivity index (χ0) is 15.7. The van der Waals surface area contributed by atoms with Gasteiger partial charge in [0.1, 0.15) is 24.9 Å². The van der Waals surface area contributed by atoms with Crippen LogP contribution >= 0.6 is 0 Å². The first-order valence-corrected chi connectivity index (χ1v) is 7.26. The summed E-state index contributed by atoms with van der Waals surface area (Å²) in [4.78, 5) is 12.0. The molecule has 4 atom stereocenters. The highest BCUT2D eigenvalue weighted by Gasteiger charge is 2.55. The second kappa shape index (κ2) is 5.96. The van der Waals surface area contributed by atoms with Gasteiger partial charge in [-0.3, -0.25) is 0 Å². The van der Waals surface area contributed by atoms with Crippen molar-refractivity contribution in [1.29, 1.82) is 0 Å². The van der Waals surface area contributed by atoms with Crippen LogP contribution in [0.2, 0.25) is 0 Å². The van der Waals surface area contributed by atoms with E-state index in [1.807, 2.05) is 19.9 Å². The molecular formula is C16H20O6. The van der Waals surface area contributed by atoms with Gasteiger partial charge in [-0.15, -0.1) is 0 Å².